The van der Waals surface area contributed by atoms with E-state index in [9.17, 15) is 9.59 Å². The van der Waals surface area contributed by atoms with Crippen molar-refractivity contribution in [2.45, 2.75) is 27.3 Å². The van der Waals surface area contributed by atoms with E-state index in [1.165, 1.54) is 11.8 Å². The molecule has 2 amide bonds. The van der Waals surface area contributed by atoms with Crippen LogP contribution in [0.15, 0.2) is 24.4 Å². The van der Waals surface area contributed by atoms with Gasteiger partial charge < -0.3 is 19.9 Å². The standard InChI is InChI=1S/C17H22N4O3/c1-5-24-15-7-6-13(12(3)22)8-14(15)20-17(23)21(4)10-16-18-9-11(2)19-16/h6-9H,5,10H2,1-4H3,(H,18,19)(H,20,23). The molecule has 2 aromatic rings. The Bertz CT molecular complexity index is 739. The second-order valence-corrected chi connectivity index (χ2v) is 5.50. The largest absolute Gasteiger partial charge is 0.492 e. The Labute approximate surface area is 141 Å². The first-order valence-corrected chi connectivity index (χ1v) is 7.71. The number of carbonyl (C=O) groups is 2. The molecule has 7 nitrogen and oxygen atoms in total. The molecule has 0 aliphatic carbocycles. The molecule has 0 bridgehead atoms. The van der Waals surface area contributed by atoms with Crippen LogP contribution in [0.5, 0.6) is 5.75 Å². The molecule has 0 spiro atoms. The van der Waals surface area contributed by atoms with Crippen LogP contribution in [0.3, 0.4) is 0 Å². The molecule has 0 radical (unpaired) electrons. The first kappa shape index (κ1) is 17.5. The van der Waals surface area contributed by atoms with Gasteiger partial charge in [0.1, 0.15) is 11.6 Å². The highest BCUT2D eigenvalue weighted by atomic mass is 16.5. The average molecular weight is 330 g/mol. The Morgan fingerprint density at radius 2 is 2.12 bits per heavy atom. The summed E-state index contributed by atoms with van der Waals surface area (Å²) in [7, 11) is 1.67. The Hall–Kier alpha value is -2.83. The third kappa shape index (κ3) is 4.34. The van der Waals surface area contributed by atoms with Crippen molar-refractivity contribution in [3.8, 4) is 5.75 Å². The number of hydrogen-bond acceptors (Lipinski definition) is 4. The number of aryl methyl sites for hydroxylation is 1. The van der Waals surface area contributed by atoms with Crippen molar-refractivity contribution in [1.29, 1.82) is 0 Å². The van der Waals surface area contributed by atoms with E-state index < -0.39 is 0 Å². The number of nitrogens with one attached hydrogen (secondary N) is 2. The molecule has 0 unspecified atom stereocenters. The third-order valence-electron chi connectivity index (χ3n) is 3.42. The summed E-state index contributed by atoms with van der Waals surface area (Å²) in [5.41, 5.74) is 1.92. The summed E-state index contributed by atoms with van der Waals surface area (Å²) in [6.07, 6.45) is 1.71. The van der Waals surface area contributed by atoms with Crippen molar-refractivity contribution in [3.63, 3.8) is 0 Å². The van der Waals surface area contributed by atoms with Crippen LogP contribution in [-0.2, 0) is 6.54 Å². The summed E-state index contributed by atoms with van der Waals surface area (Å²) >= 11 is 0. The van der Waals surface area contributed by atoms with E-state index in [1.807, 2.05) is 13.8 Å². The molecule has 1 aromatic heterocycles. The van der Waals surface area contributed by atoms with Crippen molar-refractivity contribution in [1.82, 2.24) is 14.9 Å². The number of imidazole rings is 1. The van der Waals surface area contributed by atoms with Gasteiger partial charge in [0.05, 0.1) is 18.8 Å². The zero-order chi connectivity index (χ0) is 17.7. The summed E-state index contributed by atoms with van der Waals surface area (Å²) in [5.74, 6) is 1.15. The lowest BCUT2D eigenvalue weighted by molar-refractivity contribution is 0.101. The van der Waals surface area contributed by atoms with E-state index in [4.69, 9.17) is 4.74 Å². The molecule has 1 aromatic carbocycles. The number of anilines is 1. The lowest BCUT2D eigenvalue weighted by Gasteiger charge is -2.18. The molecular formula is C17H22N4O3. The monoisotopic (exact) mass is 330 g/mol. The first-order valence-electron chi connectivity index (χ1n) is 7.71. The molecule has 0 fully saturated rings. The lowest BCUT2D eigenvalue weighted by atomic mass is 10.1. The van der Waals surface area contributed by atoms with Gasteiger partial charge >= 0.3 is 6.03 Å². The number of carbonyl (C=O) groups excluding carboxylic acids is 2. The molecule has 1 heterocycles. The number of hydrogen-bond donors (Lipinski definition) is 2. The van der Waals surface area contributed by atoms with Crippen LogP contribution < -0.4 is 10.1 Å². The molecule has 24 heavy (non-hydrogen) atoms. The van der Waals surface area contributed by atoms with E-state index in [2.05, 4.69) is 15.3 Å². The highest BCUT2D eigenvalue weighted by Crippen LogP contribution is 2.26. The van der Waals surface area contributed by atoms with Gasteiger partial charge in [-0.15, -0.1) is 0 Å². The third-order valence-corrected chi connectivity index (χ3v) is 3.42. The number of amides is 2. The number of H-pyrrole nitrogens is 1. The van der Waals surface area contributed by atoms with Crippen molar-refractivity contribution >= 4 is 17.5 Å². The van der Waals surface area contributed by atoms with Gasteiger partial charge in [0.25, 0.3) is 0 Å². The normalized spacial score (nSPS) is 10.3. The number of aromatic amines is 1. The molecule has 7 heteroatoms. The van der Waals surface area contributed by atoms with Gasteiger partial charge in [0, 0.05) is 24.5 Å². The van der Waals surface area contributed by atoms with Gasteiger partial charge in [0.15, 0.2) is 5.78 Å². The highest BCUT2D eigenvalue weighted by molar-refractivity contribution is 5.97. The van der Waals surface area contributed by atoms with Crippen molar-refractivity contribution < 1.29 is 14.3 Å². The topological polar surface area (TPSA) is 87.3 Å². The summed E-state index contributed by atoms with van der Waals surface area (Å²) in [6, 6.07) is 4.67. The van der Waals surface area contributed by atoms with Gasteiger partial charge in [0.2, 0.25) is 0 Å². The maximum Gasteiger partial charge on any atom is 0.322 e. The van der Waals surface area contributed by atoms with E-state index in [1.54, 1.807) is 31.4 Å². The smallest absolute Gasteiger partial charge is 0.322 e. The van der Waals surface area contributed by atoms with Crippen molar-refractivity contribution in [3.05, 3.63) is 41.5 Å². The summed E-state index contributed by atoms with van der Waals surface area (Å²) in [5, 5.41) is 2.79. The quantitative estimate of drug-likeness (QED) is 0.797. The van der Waals surface area contributed by atoms with E-state index in [0.717, 1.165) is 5.69 Å². The minimum atomic E-state index is -0.314. The van der Waals surface area contributed by atoms with E-state index in [-0.39, 0.29) is 11.8 Å². The summed E-state index contributed by atoms with van der Waals surface area (Å²) in [6.45, 7) is 6.04. The molecule has 0 aliphatic rings. The Balaban J connectivity index is 2.13. The first-order chi connectivity index (χ1) is 11.4. The molecule has 0 saturated heterocycles. The lowest BCUT2D eigenvalue weighted by Crippen LogP contribution is -2.31. The molecule has 2 N–H and O–H groups in total. The predicted molar refractivity (Wildman–Crippen MR) is 91.4 cm³/mol. The molecule has 0 aliphatic heterocycles. The van der Waals surface area contributed by atoms with Gasteiger partial charge in [-0.2, -0.15) is 0 Å². The number of rotatable bonds is 6. The number of urea groups is 1. The zero-order valence-electron chi connectivity index (χ0n) is 14.3. The zero-order valence-corrected chi connectivity index (χ0v) is 14.3. The Kier molecular flexibility index (Phi) is 5.57. The summed E-state index contributed by atoms with van der Waals surface area (Å²) < 4.78 is 5.51. The number of ketones is 1. The highest BCUT2D eigenvalue weighted by Gasteiger charge is 2.15. The van der Waals surface area contributed by atoms with Crippen LogP contribution >= 0.6 is 0 Å². The summed E-state index contributed by atoms with van der Waals surface area (Å²) in [4.78, 5) is 32.7. The fourth-order valence-electron chi connectivity index (χ4n) is 2.18. The SMILES string of the molecule is CCOc1ccc(C(C)=O)cc1NC(=O)N(C)Cc1ncc(C)[nH]1. The van der Waals surface area contributed by atoms with Gasteiger partial charge in [-0.1, -0.05) is 0 Å². The fourth-order valence-corrected chi connectivity index (χ4v) is 2.18. The fraction of sp³-hybridized carbons (Fsp3) is 0.353. The second-order valence-electron chi connectivity index (χ2n) is 5.50. The maximum atomic E-state index is 12.4. The maximum absolute atomic E-state index is 12.4. The van der Waals surface area contributed by atoms with Gasteiger partial charge in [-0.3, -0.25) is 4.79 Å². The molecule has 128 valence electrons. The minimum Gasteiger partial charge on any atom is -0.492 e. The van der Waals surface area contributed by atoms with E-state index >= 15 is 0 Å². The number of Topliss-reactive ketones (excluding diaryl/α,β-unsaturated/α-hetero) is 1. The minimum absolute atomic E-state index is 0.0760. The van der Waals surface area contributed by atoms with Crippen LogP contribution in [0, 0.1) is 6.92 Å². The second kappa shape index (κ2) is 7.63. The molecule has 0 atom stereocenters. The van der Waals surface area contributed by atoms with Crippen molar-refractivity contribution in [2.75, 3.05) is 19.0 Å². The number of ether oxygens (including phenoxy) is 1. The van der Waals surface area contributed by atoms with Gasteiger partial charge in [-0.25, -0.2) is 9.78 Å². The van der Waals surface area contributed by atoms with Crippen LogP contribution in [0.2, 0.25) is 0 Å². The average Bonchev–Trinajstić information content (AvgIpc) is 2.94. The molecule has 0 saturated carbocycles. The van der Waals surface area contributed by atoms with E-state index in [0.29, 0.717) is 36.0 Å². The predicted octanol–water partition coefficient (Wildman–Crippen LogP) is 2.98. The van der Waals surface area contributed by atoms with Gasteiger partial charge in [-0.05, 0) is 39.0 Å². The van der Waals surface area contributed by atoms with Crippen molar-refractivity contribution in [2.24, 2.45) is 0 Å². The number of benzene rings is 1. The van der Waals surface area contributed by atoms with Crippen LogP contribution in [0.4, 0.5) is 10.5 Å². The number of nitrogens with zero attached hydrogens (tertiary/aromatic N) is 2. The van der Waals surface area contributed by atoms with Crippen LogP contribution in [0.1, 0.15) is 35.7 Å². The van der Waals surface area contributed by atoms with Crippen LogP contribution in [0.25, 0.3) is 0 Å². The number of aromatic nitrogens is 2. The Morgan fingerprint density at radius 1 is 1.38 bits per heavy atom. The molecular weight excluding hydrogens is 308 g/mol. The van der Waals surface area contributed by atoms with Crippen LogP contribution in [-0.4, -0.2) is 40.3 Å². The molecule has 2 rings (SSSR count). The Morgan fingerprint density at radius 3 is 2.71 bits per heavy atom.